The fourth-order valence-electron chi connectivity index (χ4n) is 4.65. The number of carbonyl (C=O) groups is 1. The minimum atomic E-state index is -2.93. The minimum Gasteiger partial charge on any atom is -0.490 e. The van der Waals surface area contributed by atoms with Crippen LogP contribution in [0.1, 0.15) is 45.6 Å². The number of nitrogens with one attached hydrogen (secondary N) is 1. The molecule has 1 aliphatic heterocycles. The van der Waals surface area contributed by atoms with Gasteiger partial charge in [-0.25, -0.2) is 13.2 Å². The molecule has 0 radical (unpaired) electrons. The first-order chi connectivity index (χ1) is 16.7. The molecule has 3 N–H and O–H groups in total. The summed E-state index contributed by atoms with van der Waals surface area (Å²) in [5.41, 5.74) is 11.0. The molecule has 1 amide bonds. The third-order valence-electron chi connectivity index (χ3n) is 6.48. The van der Waals surface area contributed by atoms with E-state index < -0.39 is 15.9 Å². The molecule has 2 fully saturated rings. The number of nitrogen functional groups attached to an aromatic ring is 1. The van der Waals surface area contributed by atoms with Crippen LogP contribution in [0, 0.1) is 0 Å². The number of rotatable bonds is 6. The maximum absolute atomic E-state index is 11.9. The van der Waals surface area contributed by atoms with Gasteiger partial charge in [0, 0.05) is 28.7 Å². The lowest BCUT2D eigenvalue weighted by Crippen LogP contribution is -2.30. The smallest absolute Gasteiger partial charge is 0.411 e. The van der Waals surface area contributed by atoms with E-state index in [0.717, 1.165) is 40.8 Å². The molecule has 1 aromatic heterocycles. The minimum absolute atomic E-state index is 0.0976. The van der Waals surface area contributed by atoms with Crippen LogP contribution in [-0.2, 0) is 14.6 Å². The topological polar surface area (TPSA) is 113 Å². The quantitative estimate of drug-likeness (QED) is 0.488. The van der Waals surface area contributed by atoms with Gasteiger partial charge in [0.1, 0.15) is 11.9 Å². The van der Waals surface area contributed by atoms with E-state index in [4.69, 9.17) is 15.2 Å². The maximum atomic E-state index is 11.9. The summed E-state index contributed by atoms with van der Waals surface area (Å²) in [6.45, 7) is 3.61. The monoisotopic (exact) mass is 497 g/mol. The second-order valence-corrected chi connectivity index (χ2v) is 12.0. The van der Waals surface area contributed by atoms with Gasteiger partial charge in [-0.05, 0) is 63.8 Å². The van der Waals surface area contributed by atoms with E-state index >= 15 is 0 Å². The van der Waals surface area contributed by atoms with Crippen LogP contribution in [0.2, 0.25) is 0 Å². The Morgan fingerprint density at radius 3 is 2.37 bits per heavy atom. The molecule has 186 valence electrons. The van der Waals surface area contributed by atoms with E-state index in [9.17, 15) is 13.2 Å². The van der Waals surface area contributed by atoms with Crippen molar-refractivity contribution in [3.05, 3.63) is 42.5 Å². The second kappa shape index (κ2) is 9.11. The van der Waals surface area contributed by atoms with Crippen LogP contribution in [0.15, 0.2) is 42.5 Å². The Bertz CT molecular complexity index is 1340. The van der Waals surface area contributed by atoms with Crippen LogP contribution < -0.4 is 15.8 Å². The maximum Gasteiger partial charge on any atom is 0.411 e. The van der Waals surface area contributed by atoms with Gasteiger partial charge in [0.15, 0.2) is 9.84 Å². The van der Waals surface area contributed by atoms with Gasteiger partial charge in [-0.1, -0.05) is 12.1 Å². The zero-order valence-electron chi connectivity index (χ0n) is 20.0. The number of hydrogen-bond donors (Lipinski definition) is 2. The van der Waals surface area contributed by atoms with Gasteiger partial charge in [0.05, 0.1) is 34.5 Å². The van der Waals surface area contributed by atoms with E-state index in [-0.39, 0.29) is 23.7 Å². The normalized spacial score (nSPS) is 18.0. The number of aromatic nitrogens is 1. The first-order valence-electron chi connectivity index (χ1n) is 12.1. The van der Waals surface area contributed by atoms with Crippen molar-refractivity contribution < 1.29 is 22.7 Å². The average molecular weight is 498 g/mol. The number of sulfone groups is 1. The number of benzene rings is 2. The van der Waals surface area contributed by atoms with Gasteiger partial charge < -0.3 is 19.8 Å². The summed E-state index contributed by atoms with van der Waals surface area (Å²) in [5.74, 6) is 1.08. The third-order valence-corrected chi connectivity index (χ3v) is 8.19. The molecule has 0 spiro atoms. The van der Waals surface area contributed by atoms with Crippen molar-refractivity contribution in [1.29, 1.82) is 0 Å². The highest BCUT2D eigenvalue weighted by molar-refractivity contribution is 7.91. The molecule has 5 rings (SSSR count). The van der Waals surface area contributed by atoms with Crippen LogP contribution in [0.5, 0.6) is 5.75 Å². The lowest BCUT2D eigenvalue weighted by Gasteiger charge is -2.23. The molecule has 2 aliphatic rings. The lowest BCUT2D eigenvalue weighted by atomic mass is 10.1. The van der Waals surface area contributed by atoms with E-state index in [1.165, 1.54) is 0 Å². The molecule has 9 heteroatoms. The molecular weight excluding hydrogens is 466 g/mol. The number of carbonyl (C=O) groups excluding carboxylic acids is 1. The number of nitrogens with zero attached hydrogens (tertiary/aromatic N) is 1. The number of anilines is 2. The van der Waals surface area contributed by atoms with Gasteiger partial charge in [-0.15, -0.1) is 0 Å². The van der Waals surface area contributed by atoms with Crippen molar-refractivity contribution in [1.82, 2.24) is 4.57 Å². The van der Waals surface area contributed by atoms with Gasteiger partial charge >= 0.3 is 6.09 Å². The second-order valence-electron chi connectivity index (χ2n) is 9.67. The highest BCUT2D eigenvalue weighted by atomic mass is 32.2. The van der Waals surface area contributed by atoms with Crippen LogP contribution in [0.25, 0.3) is 22.2 Å². The molecule has 8 nitrogen and oxygen atoms in total. The fraction of sp³-hybridized carbons (Fsp3) is 0.423. The summed E-state index contributed by atoms with van der Waals surface area (Å²) >= 11 is 0. The van der Waals surface area contributed by atoms with Crippen molar-refractivity contribution in [3.63, 3.8) is 0 Å². The van der Waals surface area contributed by atoms with Gasteiger partial charge in [-0.2, -0.15) is 0 Å². The highest BCUT2D eigenvalue weighted by Gasteiger charge is 2.30. The van der Waals surface area contributed by atoms with Crippen molar-refractivity contribution in [3.8, 4) is 17.0 Å². The highest BCUT2D eigenvalue weighted by Crippen LogP contribution is 2.47. The Kier molecular flexibility index (Phi) is 6.13. The SMILES string of the molecule is CC(C)OC(=O)Nc1ccc(-c2c(N)c3ccc(OC4CCS(=O)(=O)CC4)cc3n2C2CC2)cc1. The standard InChI is InChI=1S/C26H31N3O5S/c1-16(2)33-26(30)28-18-5-3-17(4-6-18)25-24(27)22-10-9-21(15-23(22)29(25)19-7-8-19)34-20-11-13-35(31,32)14-12-20/h3-6,9-10,15-16,19-20H,7-8,11-14,27H2,1-2H3,(H,28,30). The number of hydrogen-bond acceptors (Lipinski definition) is 6. The molecule has 2 aromatic carbocycles. The summed E-state index contributed by atoms with van der Waals surface area (Å²) in [5, 5.41) is 3.71. The molecule has 1 saturated heterocycles. The largest absolute Gasteiger partial charge is 0.490 e. The molecule has 1 aliphatic carbocycles. The fourth-order valence-corrected chi connectivity index (χ4v) is 6.10. The summed E-state index contributed by atoms with van der Waals surface area (Å²) in [4.78, 5) is 11.9. The van der Waals surface area contributed by atoms with Crippen molar-refractivity contribution in [2.24, 2.45) is 0 Å². The summed E-state index contributed by atoms with van der Waals surface area (Å²) in [7, 11) is -2.93. The van der Waals surface area contributed by atoms with Crippen molar-refractivity contribution in [2.45, 2.75) is 57.8 Å². The van der Waals surface area contributed by atoms with E-state index in [0.29, 0.717) is 30.3 Å². The molecule has 1 saturated carbocycles. The Morgan fingerprint density at radius 1 is 1.06 bits per heavy atom. The number of amides is 1. The van der Waals surface area contributed by atoms with E-state index in [2.05, 4.69) is 9.88 Å². The Balaban J connectivity index is 1.43. The molecule has 2 heterocycles. The summed E-state index contributed by atoms with van der Waals surface area (Å²) in [6, 6.07) is 13.9. The Hall–Kier alpha value is -3.20. The molecule has 0 atom stereocenters. The van der Waals surface area contributed by atoms with E-state index in [1.807, 2.05) is 42.5 Å². The average Bonchev–Trinajstić information content (AvgIpc) is 3.59. The first-order valence-corrected chi connectivity index (χ1v) is 13.9. The molecular formula is C26H31N3O5S. The predicted molar refractivity (Wildman–Crippen MR) is 138 cm³/mol. The lowest BCUT2D eigenvalue weighted by molar-refractivity contribution is 0.130. The summed E-state index contributed by atoms with van der Waals surface area (Å²) < 4.78 is 37.1. The van der Waals surface area contributed by atoms with Crippen LogP contribution in [-0.4, -0.2) is 42.8 Å². The van der Waals surface area contributed by atoms with Gasteiger partial charge in [0.2, 0.25) is 0 Å². The predicted octanol–water partition coefficient (Wildman–Crippen LogP) is 5.14. The number of nitrogens with two attached hydrogens (primary N) is 1. The zero-order chi connectivity index (χ0) is 24.7. The Labute approximate surface area is 205 Å². The number of fused-ring (bicyclic) bond motifs is 1. The zero-order valence-corrected chi connectivity index (χ0v) is 20.8. The van der Waals surface area contributed by atoms with Crippen molar-refractivity contribution in [2.75, 3.05) is 22.6 Å². The molecule has 0 unspecified atom stereocenters. The first kappa shape index (κ1) is 23.5. The van der Waals surface area contributed by atoms with Gasteiger partial charge in [0.25, 0.3) is 0 Å². The van der Waals surface area contributed by atoms with Crippen LogP contribution in [0.3, 0.4) is 0 Å². The molecule has 3 aromatic rings. The Morgan fingerprint density at radius 2 is 1.74 bits per heavy atom. The molecule has 35 heavy (non-hydrogen) atoms. The van der Waals surface area contributed by atoms with Crippen LogP contribution >= 0.6 is 0 Å². The third kappa shape index (κ3) is 5.10. The molecule has 0 bridgehead atoms. The van der Waals surface area contributed by atoms with Crippen molar-refractivity contribution >= 4 is 38.2 Å². The van der Waals surface area contributed by atoms with Crippen LogP contribution in [0.4, 0.5) is 16.2 Å². The summed E-state index contributed by atoms with van der Waals surface area (Å²) in [6.07, 6.45) is 2.43. The van der Waals surface area contributed by atoms with Gasteiger partial charge in [-0.3, -0.25) is 5.32 Å². The number of ether oxygens (including phenoxy) is 2. The van der Waals surface area contributed by atoms with E-state index in [1.54, 1.807) is 13.8 Å².